The van der Waals surface area contributed by atoms with Gasteiger partial charge in [-0.2, -0.15) is 5.26 Å². The third-order valence-corrected chi connectivity index (χ3v) is 5.38. The van der Waals surface area contributed by atoms with E-state index in [1.807, 2.05) is 56.4 Å². The Balaban J connectivity index is 1.92. The Labute approximate surface area is 169 Å². The van der Waals surface area contributed by atoms with E-state index in [0.717, 1.165) is 22.7 Å². The smallest absolute Gasteiger partial charge is 0.140 e. The van der Waals surface area contributed by atoms with Gasteiger partial charge in [0.25, 0.3) is 0 Å². The van der Waals surface area contributed by atoms with Crippen LogP contribution in [0.3, 0.4) is 0 Å². The molecule has 28 heavy (non-hydrogen) atoms. The molecule has 0 amide bonds. The van der Waals surface area contributed by atoms with Crippen LogP contribution in [0.25, 0.3) is 11.4 Å². The van der Waals surface area contributed by atoms with Crippen LogP contribution in [0.4, 0.5) is 0 Å². The van der Waals surface area contributed by atoms with Crippen LogP contribution < -0.4 is 4.74 Å². The monoisotopic (exact) mass is 393 g/mol. The van der Waals surface area contributed by atoms with E-state index in [1.165, 1.54) is 0 Å². The number of imidazole rings is 1. The first-order valence-corrected chi connectivity index (χ1v) is 9.37. The summed E-state index contributed by atoms with van der Waals surface area (Å²) in [6.07, 6.45) is 3.42. The zero-order valence-electron chi connectivity index (χ0n) is 15.9. The van der Waals surface area contributed by atoms with E-state index < -0.39 is 5.60 Å². The molecule has 2 atom stereocenters. The molecule has 0 bridgehead atoms. The molecule has 0 N–H and O–H groups in total. The number of methoxy groups -OCH3 is 1. The standard InChI is InChI=1S/C22H20ClN3O2/c1-22(2)20(27-3)19(17-12-14(13-24)4-9-18(17)28-22)26-11-10-25-21(26)15-5-7-16(23)8-6-15/h4-12,19-20H,1-3H3/t19-,20+/m1/s1. The van der Waals surface area contributed by atoms with Gasteiger partial charge in [0.05, 0.1) is 17.7 Å². The van der Waals surface area contributed by atoms with Gasteiger partial charge < -0.3 is 14.0 Å². The Hall–Kier alpha value is -2.81. The lowest BCUT2D eigenvalue weighted by Crippen LogP contribution is -2.51. The Morgan fingerprint density at radius 2 is 1.96 bits per heavy atom. The number of aromatic nitrogens is 2. The Morgan fingerprint density at radius 1 is 1.21 bits per heavy atom. The zero-order chi connectivity index (χ0) is 19.9. The summed E-state index contributed by atoms with van der Waals surface area (Å²) in [4.78, 5) is 4.58. The molecule has 1 aliphatic heterocycles. The Kier molecular flexibility index (Phi) is 4.62. The number of benzene rings is 2. The number of fused-ring (bicyclic) bond motifs is 1. The summed E-state index contributed by atoms with van der Waals surface area (Å²) >= 11 is 6.05. The molecule has 5 nitrogen and oxygen atoms in total. The third kappa shape index (κ3) is 3.05. The van der Waals surface area contributed by atoms with Crippen LogP contribution in [0.5, 0.6) is 5.75 Å². The molecule has 1 aliphatic rings. The van der Waals surface area contributed by atoms with Gasteiger partial charge in [-0.05, 0) is 56.3 Å². The van der Waals surface area contributed by atoms with Crippen LogP contribution in [0.2, 0.25) is 5.02 Å². The molecule has 6 heteroatoms. The van der Waals surface area contributed by atoms with Crippen LogP contribution in [0.1, 0.15) is 31.0 Å². The molecular weight excluding hydrogens is 374 g/mol. The van der Waals surface area contributed by atoms with Crippen molar-refractivity contribution in [2.75, 3.05) is 7.11 Å². The van der Waals surface area contributed by atoms with Gasteiger partial charge in [0, 0.05) is 35.7 Å². The van der Waals surface area contributed by atoms with Gasteiger partial charge >= 0.3 is 0 Å². The lowest BCUT2D eigenvalue weighted by atomic mass is 9.85. The van der Waals surface area contributed by atoms with Crippen molar-refractivity contribution in [1.82, 2.24) is 9.55 Å². The lowest BCUT2D eigenvalue weighted by molar-refractivity contribution is -0.0853. The average molecular weight is 394 g/mol. The minimum absolute atomic E-state index is 0.203. The topological polar surface area (TPSA) is 60.1 Å². The van der Waals surface area contributed by atoms with Crippen LogP contribution in [0.15, 0.2) is 54.9 Å². The van der Waals surface area contributed by atoms with E-state index in [9.17, 15) is 5.26 Å². The fraction of sp³-hybridized carbons (Fsp3) is 0.273. The van der Waals surface area contributed by atoms with Gasteiger partial charge in [-0.15, -0.1) is 0 Å². The summed E-state index contributed by atoms with van der Waals surface area (Å²) in [7, 11) is 1.68. The molecule has 0 fully saturated rings. The highest BCUT2D eigenvalue weighted by Gasteiger charge is 2.45. The van der Waals surface area contributed by atoms with Crippen molar-refractivity contribution < 1.29 is 9.47 Å². The van der Waals surface area contributed by atoms with Crippen molar-refractivity contribution >= 4 is 11.6 Å². The summed E-state index contributed by atoms with van der Waals surface area (Å²) in [5, 5.41) is 10.1. The number of nitrogens with zero attached hydrogens (tertiary/aromatic N) is 3. The molecule has 1 aromatic heterocycles. The highest BCUT2D eigenvalue weighted by atomic mass is 35.5. The minimum atomic E-state index is -0.567. The molecule has 2 aromatic carbocycles. The summed E-state index contributed by atoms with van der Waals surface area (Å²) in [6.45, 7) is 4.02. The summed E-state index contributed by atoms with van der Waals surface area (Å²) in [6, 6.07) is 15.1. The molecule has 0 radical (unpaired) electrons. The highest BCUT2D eigenvalue weighted by Crippen LogP contribution is 2.44. The lowest BCUT2D eigenvalue weighted by Gasteiger charge is -2.44. The zero-order valence-corrected chi connectivity index (χ0v) is 16.6. The highest BCUT2D eigenvalue weighted by molar-refractivity contribution is 6.30. The first-order chi connectivity index (χ1) is 13.4. The van der Waals surface area contributed by atoms with Crippen molar-refractivity contribution in [2.45, 2.75) is 31.6 Å². The Bertz CT molecular complexity index is 1050. The SMILES string of the molecule is CO[C@H]1[C@H](n2ccnc2-c2ccc(Cl)cc2)c2cc(C#N)ccc2OC1(C)C. The molecule has 0 spiro atoms. The molecular formula is C22H20ClN3O2. The van der Waals surface area contributed by atoms with Crippen LogP contribution >= 0.6 is 11.6 Å². The molecule has 4 rings (SSSR count). The molecule has 0 saturated carbocycles. The van der Waals surface area contributed by atoms with Crippen LogP contribution in [-0.4, -0.2) is 28.4 Å². The van der Waals surface area contributed by atoms with E-state index in [4.69, 9.17) is 21.1 Å². The Morgan fingerprint density at radius 3 is 2.64 bits per heavy atom. The second-order valence-corrected chi connectivity index (χ2v) is 7.77. The van der Waals surface area contributed by atoms with Crippen LogP contribution in [-0.2, 0) is 4.74 Å². The van der Waals surface area contributed by atoms with Crippen molar-refractivity contribution in [3.05, 3.63) is 71.0 Å². The van der Waals surface area contributed by atoms with Gasteiger partial charge in [-0.25, -0.2) is 4.98 Å². The van der Waals surface area contributed by atoms with Gasteiger partial charge in [0.2, 0.25) is 0 Å². The predicted molar refractivity (Wildman–Crippen MR) is 107 cm³/mol. The number of nitriles is 1. The van der Waals surface area contributed by atoms with Crippen molar-refractivity contribution in [1.29, 1.82) is 5.26 Å². The largest absolute Gasteiger partial charge is 0.485 e. The maximum Gasteiger partial charge on any atom is 0.140 e. The summed E-state index contributed by atoms with van der Waals surface area (Å²) in [5.74, 6) is 1.55. The first-order valence-electron chi connectivity index (χ1n) is 8.99. The van der Waals surface area contributed by atoms with E-state index in [1.54, 1.807) is 19.4 Å². The molecule has 0 unspecified atom stereocenters. The second kappa shape index (κ2) is 6.97. The van der Waals surface area contributed by atoms with Gasteiger partial charge in [0.15, 0.2) is 0 Å². The number of halogens is 1. The maximum atomic E-state index is 9.39. The van der Waals surface area contributed by atoms with Gasteiger partial charge in [-0.1, -0.05) is 11.6 Å². The fourth-order valence-electron chi connectivity index (χ4n) is 3.90. The van der Waals surface area contributed by atoms with E-state index in [-0.39, 0.29) is 12.1 Å². The number of ether oxygens (including phenoxy) is 2. The molecule has 142 valence electrons. The molecule has 3 aromatic rings. The number of rotatable bonds is 3. The minimum Gasteiger partial charge on any atom is -0.485 e. The van der Waals surface area contributed by atoms with Crippen molar-refractivity contribution in [3.8, 4) is 23.2 Å². The predicted octanol–water partition coefficient (Wildman–Crippen LogP) is 4.85. The normalized spacial score (nSPS) is 20.1. The van der Waals surface area contributed by atoms with Gasteiger partial charge in [0.1, 0.15) is 23.3 Å². The first kappa shape index (κ1) is 18.5. The quantitative estimate of drug-likeness (QED) is 0.638. The van der Waals surface area contributed by atoms with E-state index >= 15 is 0 Å². The second-order valence-electron chi connectivity index (χ2n) is 7.34. The average Bonchev–Trinajstić information content (AvgIpc) is 3.15. The molecule has 0 saturated heterocycles. The van der Waals surface area contributed by atoms with Crippen molar-refractivity contribution in [3.63, 3.8) is 0 Å². The van der Waals surface area contributed by atoms with E-state index in [2.05, 4.69) is 15.6 Å². The molecule has 2 heterocycles. The van der Waals surface area contributed by atoms with Gasteiger partial charge in [-0.3, -0.25) is 0 Å². The van der Waals surface area contributed by atoms with E-state index in [0.29, 0.717) is 10.6 Å². The third-order valence-electron chi connectivity index (χ3n) is 5.13. The molecule has 0 aliphatic carbocycles. The maximum absolute atomic E-state index is 9.39. The van der Waals surface area contributed by atoms with Crippen LogP contribution in [0, 0.1) is 11.3 Å². The summed E-state index contributed by atoms with van der Waals surface area (Å²) < 4.78 is 14.2. The number of hydrogen-bond acceptors (Lipinski definition) is 4. The number of hydrogen-bond donors (Lipinski definition) is 0. The van der Waals surface area contributed by atoms with Crippen molar-refractivity contribution in [2.24, 2.45) is 0 Å². The summed E-state index contributed by atoms with van der Waals surface area (Å²) in [5.41, 5.74) is 1.86. The fourth-order valence-corrected chi connectivity index (χ4v) is 4.02.